The van der Waals surface area contributed by atoms with E-state index in [0.29, 0.717) is 29.2 Å². The van der Waals surface area contributed by atoms with Crippen LogP contribution < -0.4 is 10.1 Å². The molecule has 1 N–H and O–H groups in total. The summed E-state index contributed by atoms with van der Waals surface area (Å²) in [4.78, 5) is 27.3. The zero-order valence-corrected chi connectivity index (χ0v) is 18.4. The molecule has 1 aromatic heterocycles. The number of aryl methyl sites for hydroxylation is 2. The van der Waals surface area contributed by atoms with Gasteiger partial charge in [0, 0.05) is 29.9 Å². The van der Waals surface area contributed by atoms with E-state index in [1.54, 1.807) is 48.5 Å². The molecular weight excluding hydrogens is 406 g/mol. The summed E-state index contributed by atoms with van der Waals surface area (Å²) in [6, 6.07) is 14.0. The number of aromatic nitrogens is 1. The molecule has 166 valence electrons. The molecule has 7 nitrogen and oxygen atoms in total. The number of hydrogen-bond donors (Lipinski definition) is 1. The number of likely N-dealkylation sites (tertiary alicyclic amines) is 1. The number of rotatable bonds is 6. The number of nitrogens with one attached hydrogen (secondary N) is 1. The van der Waals surface area contributed by atoms with Crippen LogP contribution in [0.4, 0.5) is 5.69 Å². The van der Waals surface area contributed by atoms with Gasteiger partial charge in [0.1, 0.15) is 18.1 Å². The van der Waals surface area contributed by atoms with Gasteiger partial charge < -0.3 is 19.5 Å². The molecule has 0 radical (unpaired) electrons. The van der Waals surface area contributed by atoms with Crippen molar-refractivity contribution in [1.82, 2.24) is 10.1 Å². The fraction of sp³-hybridized carbons (Fsp3) is 0.320. The van der Waals surface area contributed by atoms with E-state index in [9.17, 15) is 9.59 Å². The summed E-state index contributed by atoms with van der Waals surface area (Å²) in [7, 11) is 0. The largest absolute Gasteiger partial charge is 0.489 e. The van der Waals surface area contributed by atoms with Crippen molar-refractivity contribution in [3.8, 4) is 5.75 Å². The van der Waals surface area contributed by atoms with Gasteiger partial charge in [-0.3, -0.25) is 9.59 Å². The number of carbonyl (C=O) groups is 2. The molecule has 0 spiro atoms. The number of nitrogens with zero attached hydrogens (tertiary/aromatic N) is 2. The molecule has 1 aliphatic rings. The number of amides is 2. The van der Waals surface area contributed by atoms with Gasteiger partial charge in [-0.15, -0.1) is 0 Å². The average Bonchev–Trinajstić information content (AvgIpc) is 3.15. The molecule has 0 saturated carbocycles. The topological polar surface area (TPSA) is 84.7 Å². The standard InChI is InChI=1S/C25H27N3O4/c1-17-23(18(2)32-27-17)16-31-22-11-9-19(10-12-22)24(29)26-21-8-6-7-20(15-21)25(30)28-13-4-3-5-14-28/h6-12,15H,3-5,13-14,16H2,1-2H3,(H,26,29). The summed E-state index contributed by atoms with van der Waals surface area (Å²) < 4.78 is 10.9. The Balaban J connectivity index is 1.37. The molecule has 0 unspecified atom stereocenters. The lowest BCUT2D eigenvalue weighted by atomic mass is 10.1. The van der Waals surface area contributed by atoms with Crippen LogP contribution in [0.15, 0.2) is 53.1 Å². The molecule has 1 saturated heterocycles. The van der Waals surface area contributed by atoms with Gasteiger partial charge in [0.15, 0.2) is 0 Å². The lowest BCUT2D eigenvalue weighted by Crippen LogP contribution is -2.35. The lowest BCUT2D eigenvalue weighted by molar-refractivity contribution is 0.0724. The summed E-state index contributed by atoms with van der Waals surface area (Å²) in [6.07, 6.45) is 3.25. The number of piperidine rings is 1. The van der Waals surface area contributed by atoms with Gasteiger partial charge in [-0.2, -0.15) is 0 Å². The average molecular weight is 434 g/mol. The Hall–Kier alpha value is -3.61. The second kappa shape index (κ2) is 9.68. The molecule has 7 heteroatoms. The van der Waals surface area contributed by atoms with E-state index in [-0.39, 0.29) is 11.8 Å². The van der Waals surface area contributed by atoms with Gasteiger partial charge in [-0.1, -0.05) is 11.2 Å². The Morgan fingerprint density at radius 1 is 1.03 bits per heavy atom. The number of anilines is 1. The minimum absolute atomic E-state index is 0.0144. The number of hydrogen-bond acceptors (Lipinski definition) is 5. The van der Waals surface area contributed by atoms with Crippen molar-refractivity contribution in [1.29, 1.82) is 0 Å². The first kappa shape index (κ1) is 21.6. The van der Waals surface area contributed by atoms with Gasteiger partial charge in [-0.05, 0) is 75.6 Å². The number of benzene rings is 2. The monoisotopic (exact) mass is 433 g/mol. The van der Waals surface area contributed by atoms with Crippen molar-refractivity contribution in [3.63, 3.8) is 0 Å². The van der Waals surface area contributed by atoms with Crippen molar-refractivity contribution in [3.05, 3.63) is 76.7 Å². The minimum Gasteiger partial charge on any atom is -0.489 e. The van der Waals surface area contributed by atoms with E-state index in [1.165, 1.54) is 6.42 Å². The Bertz CT molecular complexity index is 1080. The van der Waals surface area contributed by atoms with E-state index < -0.39 is 0 Å². The van der Waals surface area contributed by atoms with E-state index in [0.717, 1.165) is 42.9 Å². The van der Waals surface area contributed by atoms with Crippen LogP contribution >= 0.6 is 0 Å². The summed E-state index contributed by atoms with van der Waals surface area (Å²) >= 11 is 0. The summed E-state index contributed by atoms with van der Waals surface area (Å²) in [5, 5.41) is 6.79. The van der Waals surface area contributed by atoms with Crippen LogP contribution in [0.25, 0.3) is 0 Å². The highest BCUT2D eigenvalue weighted by Crippen LogP contribution is 2.20. The molecule has 32 heavy (non-hydrogen) atoms. The Morgan fingerprint density at radius 3 is 2.47 bits per heavy atom. The molecule has 3 aromatic rings. The van der Waals surface area contributed by atoms with Crippen LogP contribution in [0, 0.1) is 13.8 Å². The highest BCUT2D eigenvalue weighted by atomic mass is 16.5. The molecule has 2 heterocycles. The third-order valence-corrected chi connectivity index (χ3v) is 5.69. The van der Waals surface area contributed by atoms with Crippen LogP contribution in [-0.4, -0.2) is 35.0 Å². The van der Waals surface area contributed by atoms with Crippen LogP contribution in [0.1, 0.15) is 57.0 Å². The maximum atomic E-state index is 12.7. The summed E-state index contributed by atoms with van der Waals surface area (Å²) in [5.41, 5.74) is 3.41. The fourth-order valence-corrected chi connectivity index (χ4v) is 3.78. The highest BCUT2D eigenvalue weighted by molar-refractivity contribution is 6.05. The van der Waals surface area contributed by atoms with Gasteiger partial charge in [0.25, 0.3) is 11.8 Å². The van der Waals surface area contributed by atoms with E-state index in [4.69, 9.17) is 9.26 Å². The van der Waals surface area contributed by atoms with Crippen LogP contribution in [-0.2, 0) is 6.61 Å². The maximum absolute atomic E-state index is 12.7. The number of ether oxygens (including phenoxy) is 1. The first-order valence-corrected chi connectivity index (χ1v) is 10.9. The number of carbonyl (C=O) groups excluding carboxylic acids is 2. The third-order valence-electron chi connectivity index (χ3n) is 5.69. The quantitative estimate of drug-likeness (QED) is 0.606. The summed E-state index contributed by atoms with van der Waals surface area (Å²) in [6.45, 7) is 5.66. The zero-order chi connectivity index (χ0) is 22.5. The predicted molar refractivity (Wildman–Crippen MR) is 121 cm³/mol. The third kappa shape index (κ3) is 4.99. The van der Waals surface area contributed by atoms with Crippen molar-refractivity contribution >= 4 is 17.5 Å². The molecule has 0 bridgehead atoms. The second-order valence-corrected chi connectivity index (χ2v) is 8.00. The Morgan fingerprint density at radius 2 is 1.78 bits per heavy atom. The van der Waals surface area contributed by atoms with Crippen molar-refractivity contribution in [2.75, 3.05) is 18.4 Å². The summed E-state index contributed by atoms with van der Waals surface area (Å²) in [5.74, 6) is 1.15. The van der Waals surface area contributed by atoms with E-state index >= 15 is 0 Å². The maximum Gasteiger partial charge on any atom is 0.255 e. The lowest BCUT2D eigenvalue weighted by Gasteiger charge is -2.26. The van der Waals surface area contributed by atoms with Gasteiger partial charge in [0.05, 0.1) is 11.3 Å². The molecule has 0 aliphatic carbocycles. The molecule has 2 aromatic carbocycles. The second-order valence-electron chi connectivity index (χ2n) is 8.00. The van der Waals surface area contributed by atoms with Gasteiger partial charge >= 0.3 is 0 Å². The Labute approximate surface area is 187 Å². The molecule has 1 aliphatic heterocycles. The fourth-order valence-electron chi connectivity index (χ4n) is 3.78. The zero-order valence-electron chi connectivity index (χ0n) is 18.4. The van der Waals surface area contributed by atoms with Crippen molar-refractivity contribution in [2.45, 2.75) is 39.7 Å². The molecule has 4 rings (SSSR count). The van der Waals surface area contributed by atoms with Crippen LogP contribution in [0.3, 0.4) is 0 Å². The van der Waals surface area contributed by atoms with Crippen molar-refractivity contribution in [2.24, 2.45) is 0 Å². The molecular formula is C25H27N3O4. The molecule has 1 fully saturated rings. The van der Waals surface area contributed by atoms with E-state index in [2.05, 4.69) is 10.5 Å². The minimum atomic E-state index is -0.246. The smallest absolute Gasteiger partial charge is 0.255 e. The van der Waals surface area contributed by atoms with Crippen molar-refractivity contribution < 1.29 is 18.8 Å². The van der Waals surface area contributed by atoms with E-state index in [1.807, 2.05) is 18.7 Å². The van der Waals surface area contributed by atoms with Crippen LogP contribution in [0.2, 0.25) is 0 Å². The first-order chi connectivity index (χ1) is 15.5. The Kier molecular flexibility index (Phi) is 6.54. The predicted octanol–water partition coefficient (Wildman–Crippen LogP) is 4.75. The molecule has 0 atom stereocenters. The van der Waals surface area contributed by atoms with Crippen LogP contribution in [0.5, 0.6) is 5.75 Å². The van der Waals surface area contributed by atoms with Gasteiger partial charge in [0.2, 0.25) is 0 Å². The normalized spacial score (nSPS) is 13.6. The first-order valence-electron chi connectivity index (χ1n) is 10.9. The highest BCUT2D eigenvalue weighted by Gasteiger charge is 2.18. The molecule has 2 amide bonds. The van der Waals surface area contributed by atoms with Gasteiger partial charge in [-0.25, -0.2) is 0 Å². The SMILES string of the molecule is Cc1noc(C)c1COc1ccc(C(=O)Nc2cccc(C(=O)N3CCCCC3)c2)cc1.